The van der Waals surface area contributed by atoms with Crippen LogP contribution in [0.2, 0.25) is 0 Å². The maximum atomic E-state index is 8.49. The first-order valence-corrected chi connectivity index (χ1v) is 8.19. The zero-order chi connectivity index (χ0) is 16.0. The summed E-state index contributed by atoms with van der Waals surface area (Å²) >= 11 is 0. The smallest absolute Gasteiger partial charge is 0.120 e. The lowest BCUT2D eigenvalue weighted by atomic mass is 10.0. The van der Waals surface area contributed by atoms with Gasteiger partial charge in [0.05, 0.1) is 17.6 Å². The molecule has 1 atom stereocenters. The summed E-state index contributed by atoms with van der Waals surface area (Å²) in [4.78, 5) is 2.32. The molecular formula is C17H23N5O. The third kappa shape index (κ3) is 2.80. The predicted octanol–water partition coefficient (Wildman–Crippen LogP) is 1.59. The van der Waals surface area contributed by atoms with E-state index in [1.807, 2.05) is 18.2 Å². The van der Waals surface area contributed by atoms with Crippen LogP contribution in [0.15, 0.2) is 30.0 Å². The summed E-state index contributed by atoms with van der Waals surface area (Å²) < 4.78 is 5.99. The highest BCUT2D eigenvalue weighted by atomic mass is 16.5. The van der Waals surface area contributed by atoms with Crippen LogP contribution < -0.4 is 21.3 Å². The van der Waals surface area contributed by atoms with Crippen LogP contribution in [0.25, 0.3) is 0 Å². The second kappa shape index (κ2) is 5.25. The molecule has 1 aliphatic carbocycles. The Labute approximate surface area is 136 Å². The Bertz CT molecular complexity index is 676. The number of ether oxygens (including phenoxy) is 1. The summed E-state index contributed by atoms with van der Waals surface area (Å²) in [7, 11) is 0. The van der Waals surface area contributed by atoms with Crippen LogP contribution in [0, 0.1) is 5.41 Å². The van der Waals surface area contributed by atoms with E-state index in [0.29, 0.717) is 17.0 Å². The number of likely N-dealkylation sites (tertiary alicyclic amines) is 1. The van der Waals surface area contributed by atoms with Crippen LogP contribution in [-0.2, 0) is 0 Å². The van der Waals surface area contributed by atoms with Crippen molar-refractivity contribution in [3.63, 3.8) is 0 Å². The van der Waals surface area contributed by atoms with Crippen molar-refractivity contribution in [3.05, 3.63) is 35.5 Å². The third-order valence-electron chi connectivity index (χ3n) is 4.85. The molecule has 6 heteroatoms. The zero-order valence-electron chi connectivity index (χ0n) is 13.4. The summed E-state index contributed by atoms with van der Waals surface area (Å²) in [5.74, 6) is 0.782. The first-order chi connectivity index (χ1) is 11.0. The van der Waals surface area contributed by atoms with Crippen LogP contribution in [0.4, 0.5) is 5.69 Å². The standard InChI is InChI=1S/C17H23N5O/c1-17(5-6-17)23-11-3-4-13(18)12(9-11)16(19)14-10-15(21-20-14)22-7-2-8-22/h3-4,9-10,15,19-21H,2,5-8,18H2,1H3. The maximum Gasteiger partial charge on any atom is 0.120 e. The number of nitrogen functional groups attached to an aromatic ring is 1. The van der Waals surface area contributed by atoms with Gasteiger partial charge in [0.1, 0.15) is 11.4 Å². The molecule has 0 bridgehead atoms. The normalized spacial score (nSPS) is 25.3. The monoisotopic (exact) mass is 313 g/mol. The van der Waals surface area contributed by atoms with E-state index in [1.165, 1.54) is 6.42 Å². The molecule has 0 amide bonds. The third-order valence-corrected chi connectivity index (χ3v) is 4.85. The lowest BCUT2D eigenvalue weighted by Gasteiger charge is -2.34. The van der Waals surface area contributed by atoms with Gasteiger partial charge in [-0.05, 0) is 50.5 Å². The van der Waals surface area contributed by atoms with Crippen LogP contribution in [0.1, 0.15) is 31.7 Å². The van der Waals surface area contributed by atoms with Crippen molar-refractivity contribution in [2.45, 2.75) is 38.0 Å². The van der Waals surface area contributed by atoms with Crippen LogP contribution in [-0.4, -0.2) is 35.5 Å². The fourth-order valence-electron chi connectivity index (χ4n) is 2.88. The molecule has 0 spiro atoms. The molecule has 1 saturated carbocycles. The van der Waals surface area contributed by atoms with Gasteiger partial charge in [0.25, 0.3) is 0 Å². The van der Waals surface area contributed by atoms with Gasteiger partial charge in [0, 0.05) is 24.3 Å². The molecule has 1 unspecified atom stereocenters. The highest BCUT2D eigenvalue weighted by Crippen LogP contribution is 2.40. The van der Waals surface area contributed by atoms with Gasteiger partial charge in [0.2, 0.25) is 0 Å². The number of hydrogen-bond acceptors (Lipinski definition) is 6. The van der Waals surface area contributed by atoms with Crippen LogP contribution >= 0.6 is 0 Å². The van der Waals surface area contributed by atoms with Gasteiger partial charge in [-0.1, -0.05) is 0 Å². The van der Waals surface area contributed by atoms with Crippen molar-refractivity contribution >= 4 is 11.4 Å². The molecule has 5 N–H and O–H groups in total. The minimum absolute atomic E-state index is 0.0371. The van der Waals surface area contributed by atoms with Gasteiger partial charge in [-0.15, -0.1) is 0 Å². The highest BCUT2D eigenvalue weighted by molar-refractivity contribution is 6.13. The number of rotatable bonds is 5. The number of nitrogens with zero attached hydrogens (tertiary/aromatic N) is 1. The summed E-state index contributed by atoms with van der Waals surface area (Å²) in [5, 5.41) is 8.49. The van der Waals surface area contributed by atoms with Crippen molar-refractivity contribution < 1.29 is 4.74 Å². The highest BCUT2D eigenvalue weighted by Gasteiger charge is 2.40. The Hall–Kier alpha value is -2.05. The Kier molecular flexibility index (Phi) is 3.32. The van der Waals surface area contributed by atoms with E-state index >= 15 is 0 Å². The Morgan fingerprint density at radius 3 is 2.83 bits per heavy atom. The molecule has 6 nitrogen and oxygen atoms in total. The SMILES string of the molecule is CC1(Oc2ccc(N)c(C(=N)C3=CC(N4CCC4)NN3)c2)CC1. The summed E-state index contributed by atoms with van der Waals surface area (Å²) in [6.07, 6.45) is 5.61. The lowest BCUT2D eigenvalue weighted by molar-refractivity contribution is 0.124. The topological polar surface area (TPSA) is 86.4 Å². The first-order valence-electron chi connectivity index (χ1n) is 8.19. The Balaban J connectivity index is 1.54. The van der Waals surface area contributed by atoms with Gasteiger partial charge < -0.3 is 15.9 Å². The first kappa shape index (κ1) is 14.5. The second-order valence-electron chi connectivity index (χ2n) is 6.86. The summed E-state index contributed by atoms with van der Waals surface area (Å²) in [6.45, 7) is 4.30. The van der Waals surface area contributed by atoms with Gasteiger partial charge in [-0.3, -0.25) is 10.3 Å². The largest absolute Gasteiger partial charge is 0.488 e. The molecule has 4 rings (SSSR count). The number of anilines is 1. The van der Waals surface area contributed by atoms with E-state index < -0.39 is 0 Å². The molecule has 1 aromatic rings. The molecular weight excluding hydrogens is 290 g/mol. The van der Waals surface area contributed by atoms with Crippen molar-refractivity contribution in [2.24, 2.45) is 0 Å². The van der Waals surface area contributed by atoms with E-state index in [0.717, 1.165) is 37.4 Å². The average molecular weight is 313 g/mol. The van der Waals surface area contributed by atoms with Crippen molar-refractivity contribution in [1.29, 1.82) is 5.41 Å². The van der Waals surface area contributed by atoms with Gasteiger partial charge in [0.15, 0.2) is 0 Å². The van der Waals surface area contributed by atoms with Crippen molar-refractivity contribution in [1.82, 2.24) is 15.8 Å². The van der Waals surface area contributed by atoms with E-state index in [1.54, 1.807) is 0 Å². The minimum atomic E-state index is -0.0371. The molecule has 2 aliphatic heterocycles. The van der Waals surface area contributed by atoms with Crippen molar-refractivity contribution in [3.8, 4) is 5.75 Å². The molecule has 2 heterocycles. The Morgan fingerprint density at radius 2 is 2.17 bits per heavy atom. The quantitative estimate of drug-likeness (QED) is 0.490. The zero-order valence-corrected chi connectivity index (χ0v) is 13.4. The number of hydrazine groups is 1. The molecule has 1 aromatic carbocycles. The number of nitrogens with one attached hydrogen (secondary N) is 3. The number of hydrogen-bond donors (Lipinski definition) is 4. The van der Waals surface area contributed by atoms with E-state index in [-0.39, 0.29) is 11.8 Å². The lowest BCUT2D eigenvalue weighted by Crippen LogP contribution is -2.51. The van der Waals surface area contributed by atoms with Crippen LogP contribution in [0.5, 0.6) is 5.75 Å². The van der Waals surface area contributed by atoms with Gasteiger partial charge in [-0.25, -0.2) is 5.43 Å². The predicted molar refractivity (Wildman–Crippen MR) is 90.3 cm³/mol. The molecule has 2 fully saturated rings. The number of allylic oxidation sites excluding steroid dienone is 1. The molecule has 122 valence electrons. The molecule has 3 aliphatic rings. The summed E-state index contributed by atoms with van der Waals surface area (Å²) in [6, 6.07) is 5.58. The molecule has 1 saturated heterocycles. The van der Waals surface area contributed by atoms with Crippen molar-refractivity contribution in [2.75, 3.05) is 18.8 Å². The van der Waals surface area contributed by atoms with Crippen LogP contribution in [0.3, 0.4) is 0 Å². The second-order valence-corrected chi connectivity index (χ2v) is 6.86. The number of nitrogens with two attached hydrogens (primary N) is 1. The number of benzene rings is 1. The van der Waals surface area contributed by atoms with E-state index in [2.05, 4.69) is 28.8 Å². The Morgan fingerprint density at radius 1 is 1.39 bits per heavy atom. The van der Waals surface area contributed by atoms with Gasteiger partial charge >= 0.3 is 0 Å². The molecule has 23 heavy (non-hydrogen) atoms. The average Bonchev–Trinajstić information content (AvgIpc) is 3.00. The van der Waals surface area contributed by atoms with E-state index in [9.17, 15) is 0 Å². The minimum Gasteiger partial charge on any atom is -0.488 e. The fraction of sp³-hybridized carbons (Fsp3) is 0.471. The maximum absolute atomic E-state index is 8.49. The molecule has 0 aromatic heterocycles. The molecule has 0 radical (unpaired) electrons. The van der Waals surface area contributed by atoms with Gasteiger partial charge in [-0.2, -0.15) is 0 Å². The fourth-order valence-corrected chi connectivity index (χ4v) is 2.88. The summed E-state index contributed by atoms with van der Waals surface area (Å²) in [5.41, 5.74) is 14.8. The van der Waals surface area contributed by atoms with E-state index in [4.69, 9.17) is 15.9 Å².